The first kappa shape index (κ1) is 20.6. The number of unbranched alkanes of at least 4 members (excludes halogenated alkanes) is 3. The molecule has 0 spiro atoms. The Morgan fingerprint density at radius 3 is 2.57 bits per heavy atom. The SMILES string of the molecule is CCCCCN(Cc1nc2ccccc2n1CCCC)C(=O)c1ccc(C)s1. The Bertz CT molecular complexity index is 912. The first-order valence-corrected chi connectivity index (χ1v) is 11.3. The molecule has 0 radical (unpaired) electrons. The molecular formula is C23H31N3OS. The molecule has 150 valence electrons. The first-order chi connectivity index (χ1) is 13.6. The standard InChI is InChI=1S/C23H31N3OS/c1-4-6-10-15-25(23(27)21-14-13-18(3)28-21)17-22-24-19-11-8-9-12-20(19)26(22)16-7-5-2/h8-9,11-14H,4-7,10,15-17H2,1-3H3. The van der Waals surface area contributed by atoms with Crippen LogP contribution in [0.15, 0.2) is 36.4 Å². The molecule has 28 heavy (non-hydrogen) atoms. The van der Waals surface area contributed by atoms with Gasteiger partial charge in [0.1, 0.15) is 5.82 Å². The van der Waals surface area contributed by atoms with Crippen molar-refractivity contribution in [3.8, 4) is 0 Å². The number of aryl methyl sites for hydroxylation is 2. The van der Waals surface area contributed by atoms with Crippen molar-refractivity contribution < 1.29 is 4.79 Å². The van der Waals surface area contributed by atoms with Gasteiger partial charge in [-0.15, -0.1) is 11.3 Å². The lowest BCUT2D eigenvalue weighted by atomic mass is 10.2. The lowest BCUT2D eigenvalue weighted by molar-refractivity contribution is 0.0739. The highest BCUT2D eigenvalue weighted by Gasteiger charge is 2.20. The highest BCUT2D eigenvalue weighted by molar-refractivity contribution is 7.13. The zero-order valence-electron chi connectivity index (χ0n) is 17.3. The largest absolute Gasteiger partial charge is 0.330 e. The molecule has 2 heterocycles. The van der Waals surface area contributed by atoms with Gasteiger partial charge in [0.2, 0.25) is 0 Å². The molecule has 0 unspecified atom stereocenters. The van der Waals surface area contributed by atoms with E-state index in [4.69, 9.17) is 4.98 Å². The number of imidazole rings is 1. The Morgan fingerprint density at radius 2 is 1.86 bits per heavy atom. The van der Waals surface area contributed by atoms with Crippen LogP contribution in [-0.4, -0.2) is 26.9 Å². The second kappa shape index (κ2) is 9.87. The molecule has 0 bridgehead atoms. The van der Waals surface area contributed by atoms with E-state index >= 15 is 0 Å². The number of carbonyl (C=O) groups is 1. The van der Waals surface area contributed by atoms with Crippen LogP contribution >= 0.6 is 11.3 Å². The Kier molecular flexibility index (Phi) is 7.26. The second-order valence-corrected chi connectivity index (χ2v) is 8.65. The van der Waals surface area contributed by atoms with E-state index in [9.17, 15) is 4.79 Å². The Labute approximate surface area is 172 Å². The molecule has 0 fully saturated rings. The maximum absolute atomic E-state index is 13.2. The van der Waals surface area contributed by atoms with Gasteiger partial charge < -0.3 is 9.47 Å². The first-order valence-electron chi connectivity index (χ1n) is 10.4. The second-order valence-electron chi connectivity index (χ2n) is 7.37. The number of hydrogen-bond donors (Lipinski definition) is 0. The van der Waals surface area contributed by atoms with Crippen molar-refractivity contribution in [3.63, 3.8) is 0 Å². The minimum atomic E-state index is 0.128. The predicted molar refractivity (Wildman–Crippen MR) is 118 cm³/mol. The van der Waals surface area contributed by atoms with Gasteiger partial charge in [-0.25, -0.2) is 4.98 Å². The van der Waals surface area contributed by atoms with Crippen molar-refractivity contribution in [1.82, 2.24) is 14.5 Å². The quantitative estimate of drug-likeness (QED) is 0.391. The minimum absolute atomic E-state index is 0.128. The summed E-state index contributed by atoms with van der Waals surface area (Å²) in [5.41, 5.74) is 2.18. The zero-order chi connectivity index (χ0) is 19.9. The normalized spacial score (nSPS) is 11.2. The number of amides is 1. The van der Waals surface area contributed by atoms with Crippen molar-refractivity contribution in [2.75, 3.05) is 6.54 Å². The summed E-state index contributed by atoms with van der Waals surface area (Å²) >= 11 is 1.58. The molecule has 3 aromatic rings. The van der Waals surface area contributed by atoms with Gasteiger partial charge in [0, 0.05) is 18.0 Å². The highest BCUT2D eigenvalue weighted by Crippen LogP contribution is 2.22. The summed E-state index contributed by atoms with van der Waals surface area (Å²) in [6.07, 6.45) is 5.57. The molecule has 0 atom stereocenters. The Hall–Kier alpha value is -2.14. The van der Waals surface area contributed by atoms with E-state index in [2.05, 4.69) is 36.6 Å². The number of nitrogens with zero attached hydrogens (tertiary/aromatic N) is 3. The number of thiophene rings is 1. The summed E-state index contributed by atoms with van der Waals surface area (Å²) in [5, 5.41) is 0. The summed E-state index contributed by atoms with van der Waals surface area (Å²) in [6.45, 7) is 8.74. The molecule has 3 rings (SSSR count). The van der Waals surface area contributed by atoms with Gasteiger partial charge in [-0.1, -0.05) is 45.2 Å². The van der Waals surface area contributed by atoms with E-state index in [1.54, 1.807) is 11.3 Å². The van der Waals surface area contributed by atoms with E-state index in [1.807, 2.05) is 30.0 Å². The molecule has 0 saturated carbocycles. The van der Waals surface area contributed by atoms with Crippen molar-refractivity contribution in [2.45, 2.75) is 66.0 Å². The number of benzene rings is 1. The van der Waals surface area contributed by atoms with Crippen LogP contribution in [0.3, 0.4) is 0 Å². The van der Waals surface area contributed by atoms with Gasteiger partial charge in [0.25, 0.3) is 5.91 Å². The van der Waals surface area contributed by atoms with Crippen molar-refractivity contribution >= 4 is 28.3 Å². The van der Waals surface area contributed by atoms with Crippen LogP contribution in [0.2, 0.25) is 0 Å². The fraction of sp³-hybridized carbons (Fsp3) is 0.478. The van der Waals surface area contributed by atoms with Crippen LogP contribution in [0.5, 0.6) is 0 Å². The van der Waals surface area contributed by atoms with Crippen LogP contribution in [0, 0.1) is 6.92 Å². The topological polar surface area (TPSA) is 38.1 Å². The Morgan fingerprint density at radius 1 is 1.07 bits per heavy atom. The summed E-state index contributed by atoms with van der Waals surface area (Å²) < 4.78 is 2.30. The minimum Gasteiger partial charge on any atom is -0.330 e. The van der Waals surface area contributed by atoms with Crippen LogP contribution in [-0.2, 0) is 13.1 Å². The Balaban J connectivity index is 1.89. The number of carbonyl (C=O) groups excluding carboxylic acids is 1. The lowest BCUT2D eigenvalue weighted by Crippen LogP contribution is -2.32. The third-order valence-corrected chi connectivity index (χ3v) is 6.06. The maximum atomic E-state index is 13.2. The van der Waals surface area contributed by atoms with E-state index in [-0.39, 0.29) is 5.91 Å². The van der Waals surface area contributed by atoms with Gasteiger partial charge in [0.05, 0.1) is 22.5 Å². The van der Waals surface area contributed by atoms with Gasteiger partial charge >= 0.3 is 0 Å². The summed E-state index contributed by atoms with van der Waals surface area (Å²) in [4.78, 5) is 22.1. The molecule has 5 heteroatoms. The third-order valence-electron chi connectivity index (χ3n) is 5.07. The van der Waals surface area contributed by atoms with Gasteiger partial charge in [-0.2, -0.15) is 0 Å². The number of hydrogen-bond acceptors (Lipinski definition) is 3. The van der Waals surface area contributed by atoms with Gasteiger partial charge in [-0.05, 0) is 44.0 Å². The van der Waals surface area contributed by atoms with Gasteiger partial charge in [-0.3, -0.25) is 4.79 Å². The molecule has 2 aromatic heterocycles. The maximum Gasteiger partial charge on any atom is 0.264 e. The van der Waals surface area contributed by atoms with Crippen molar-refractivity contribution in [2.24, 2.45) is 0 Å². The monoisotopic (exact) mass is 397 g/mol. The molecule has 1 aromatic carbocycles. The van der Waals surface area contributed by atoms with Crippen molar-refractivity contribution in [1.29, 1.82) is 0 Å². The number of para-hydroxylation sites is 2. The molecule has 0 aliphatic rings. The van der Waals surface area contributed by atoms with E-state index in [1.165, 1.54) is 10.4 Å². The molecule has 0 saturated heterocycles. The van der Waals surface area contributed by atoms with Crippen LogP contribution in [0.25, 0.3) is 11.0 Å². The number of rotatable bonds is 10. The summed E-state index contributed by atoms with van der Waals surface area (Å²) in [6, 6.07) is 12.3. The highest BCUT2D eigenvalue weighted by atomic mass is 32.1. The molecule has 0 N–H and O–H groups in total. The molecular weight excluding hydrogens is 366 g/mol. The van der Waals surface area contributed by atoms with E-state index in [0.717, 1.165) is 61.4 Å². The zero-order valence-corrected chi connectivity index (χ0v) is 18.1. The third kappa shape index (κ3) is 4.82. The van der Waals surface area contributed by atoms with Crippen LogP contribution in [0.4, 0.5) is 0 Å². The average molecular weight is 398 g/mol. The van der Waals surface area contributed by atoms with Crippen molar-refractivity contribution in [3.05, 3.63) is 52.0 Å². The molecule has 0 aliphatic heterocycles. The van der Waals surface area contributed by atoms with Crippen LogP contribution in [0.1, 0.15) is 66.3 Å². The number of aromatic nitrogens is 2. The summed E-state index contributed by atoms with van der Waals surface area (Å²) in [7, 11) is 0. The van der Waals surface area contributed by atoms with Crippen LogP contribution < -0.4 is 0 Å². The summed E-state index contributed by atoms with van der Waals surface area (Å²) in [5.74, 6) is 1.12. The fourth-order valence-electron chi connectivity index (χ4n) is 3.49. The van der Waals surface area contributed by atoms with Gasteiger partial charge in [0.15, 0.2) is 0 Å². The number of fused-ring (bicyclic) bond motifs is 1. The van der Waals surface area contributed by atoms with E-state index < -0.39 is 0 Å². The predicted octanol–water partition coefficient (Wildman–Crippen LogP) is 6.04. The van der Waals surface area contributed by atoms with E-state index in [0.29, 0.717) is 6.54 Å². The smallest absolute Gasteiger partial charge is 0.264 e. The average Bonchev–Trinajstić information content (AvgIpc) is 3.28. The lowest BCUT2D eigenvalue weighted by Gasteiger charge is -2.22. The fourth-order valence-corrected chi connectivity index (χ4v) is 4.33. The molecule has 1 amide bonds. The molecule has 0 aliphatic carbocycles. The molecule has 4 nitrogen and oxygen atoms in total.